The van der Waals surface area contributed by atoms with Crippen LogP contribution in [0.25, 0.3) is 10.9 Å². The van der Waals surface area contributed by atoms with Gasteiger partial charge in [0.05, 0.1) is 28.1 Å². The molecule has 9 heteroatoms. The monoisotopic (exact) mass is 512 g/mol. The summed E-state index contributed by atoms with van der Waals surface area (Å²) in [6, 6.07) is 10.1. The van der Waals surface area contributed by atoms with E-state index in [1.54, 1.807) is 18.2 Å². The molecular weight excluding hydrogens is 488 g/mol. The molecule has 1 aromatic heterocycles. The van der Waals surface area contributed by atoms with E-state index in [0.717, 1.165) is 30.2 Å². The third-order valence-corrected chi connectivity index (χ3v) is 6.16. The Hall–Kier alpha value is -3.07. The molecule has 1 aliphatic rings. The predicted molar refractivity (Wildman–Crippen MR) is 131 cm³/mol. The molecule has 0 unspecified atom stereocenters. The van der Waals surface area contributed by atoms with Crippen LogP contribution in [0, 0.1) is 10.1 Å². The Kier molecular flexibility index (Phi) is 6.88. The van der Waals surface area contributed by atoms with Crippen molar-refractivity contribution in [1.29, 1.82) is 0 Å². The van der Waals surface area contributed by atoms with Gasteiger partial charge in [0.2, 0.25) is 0 Å². The molecule has 172 valence electrons. The maximum absolute atomic E-state index is 13.4. The highest BCUT2D eigenvalue weighted by Gasteiger charge is 2.23. The second kappa shape index (κ2) is 9.82. The largest absolute Gasteiger partial charge is 0.484 e. The van der Waals surface area contributed by atoms with Gasteiger partial charge in [-0.05, 0) is 57.0 Å². The molecule has 8 nitrogen and oxygen atoms in total. The average Bonchev–Trinajstić information content (AvgIpc) is 2.79. The van der Waals surface area contributed by atoms with Gasteiger partial charge in [-0.2, -0.15) is 9.78 Å². The molecule has 0 aliphatic heterocycles. The number of benzene rings is 2. The van der Waals surface area contributed by atoms with Gasteiger partial charge in [-0.15, -0.1) is 0 Å². The Morgan fingerprint density at radius 2 is 1.97 bits per heavy atom. The molecule has 1 aliphatic carbocycles. The maximum atomic E-state index is 13.4. The highest BCUT2D eigenvalue weighted by Crippen LogP contribution is 2.32. The van der Waals surface area contributed by atoms with Gasteiger partial charge in [-0.1, -0.05) is 35.2 Å². The Morgan fingerprint density at radius 1 is 1.21 bits per heavy atom. The fourth-order valence-corrected chi connectivity index (χ4v) is 4.50. The molecule has 0 N–H and O–H groups in total. The lowest BCUT2D eigenvalue weighted by molar-refractivity contribution is -0.386. The summed E-state index contributed by atoms with van der Waals surface area (Å²) >= 11 is 3.42. The van der Waals surface area contributed by atoms with Crippen molar-refractivity contribution in [1.82, 2.24) is 9.66 Å². The lowest BCUT2D eigenvalue weighted by atomic mass is 9.88. The molecule has 2 aromatic carbocycles. The first-order valence-electron chi connectivity index (χ1n) is 11.0. The van der Waals surface area contributed by atoms with Crippen molar-refractivity contribution >= 4 is 38.7 Å². The van der Waals surface area contributed by atoms with Crippen molar-refractivity contribution in [3.8, 4) is 5.75 Å². The number of halogens is 1. The second-order valence-corrected chi connectivity index (χ2v) is 9.39. The number of rotatable bonds is 6. The lowest BCUT2D eigenvalue weighted by Crippen LogP contribution is -2.25. The van der Waals surface area contributed by atoms with Gasteiger partial charge in [0.1, 0.15) is 5.82 Å². The van der Waals surface area contributed by atoms with Crippen LogP contribution in [0.15, 0.2) is 50.8 Å². The highest BCUT2D eigenvalue weighted by atomic mass is 79.9. The van der Waals surface area contributed by atoms with Crippen LogP contribution in [0.1, 0.15) is 63.3 Å². The maximum Gasteiger partial charge on any atom is 0.311 e. The molecule has 33 heavy (non-hydrogen) atoms. The van der Waals surface area contributed by atoms with Crippen LogP contribution in [0.4, 0.5) is 5.69 Å². The van der Waals surface area contributed by atoms with Gasteiger partial charge >= 0.3 is 5.69 Å². The molecule has 1 heterocycles. The van der Waals surface area contributed by atoms with E-state index < -0.39 is 4.92 Å². The number of ether oxygens (including phenoxy) is 1. The van der Waals surface area contributed by atoms with Crippen LogP contribution in [0.5, 0.6) is 5.75 Å². The molecule has 3 aromatic rings. The Balaban J connectivity index is 1.80. The van der Waals surface area contributed by atoms with E-state index in [2.05, 4.69) is 21.0 Å². The van der Waals surface area contributed by atoms with Crippen LogP contribution in [0.2, 0.25) is 0 Å². The van der Waals surface area contributed by atoms with Crippen molar-refractivity contribution in [2.75, 3.05) is 0 Å². The summed E-state index contributed by atoms with van der Waals surface area (Å²) in [6.07, 6.45) is 6.54. The van der Waals surface area contributed by atoms with E-state index in [1.807, 2.05) is 26.0 Å². The SMILES string of the molecule is CC(C)Oc1ccc(C=Nn2c(C3CCCCC3)nc3ccc(Br)cc3c2=O)cc1[N+](=O)[O-]. The van der Waals surface area contributed by atoms with Crippen molar-refractivity contribution in [3.63, 3.8) is 0 Å². The number of nitro groups is 1. The molecule has 1 saturated carbocycles. The minimum atomic E-state index is -0.482. The van der Waals surface area contributed by atoms with E-state index in [9.17, 15) is 14.9 Å². The van der Waals surface area contributed by atoms with Gasteiger partial charge in [-0.25, -0.2) is 4.98 Å². The Morgan fingerprint density at radius 3 is 2.67 bits per heavy atom. The Bertz CT molecular complexity index is 1280. The van der Waals surface area contributed by atoms with Gasteiger partial charge in [-0.3, -0.25) is 14.9 Å². The summed E-state index contributed by atoms with van der Waals surface area (Å²) in [4.78, 5) is 29.2. The van der Waals surface area contributed by atoms with Crippen LogP contribution in [0.3, 0.4) is 0 Å². The molecule has 0 radical (unpaired) electrons. The van der Waals surface area contributed by atoms with Gasteiger partial charge < -0.3 is 4.74 Å². The smallest absolute Gasteiger partial charge is 0.311 e. The van der Waals surface area contributed by atoms with Gasteiger partial charge in [0, 0.05) is 22.0 Å². The Labute approximate surface area is 199 Å². The summed E-state index contributed by atoms with van der Waals surface area (Å²) in [5, 5.41) is 16.5. The van der Waals surface area contributed by atoms with Crippen LogP contribution >= 0.6 is 15.9 Å². The second-order valence-electron chi connectivity index (χ2n) is 8.48. The molecular formula is C24H25BrN4O4. The number of fused-ring (bicyclic) bond motifs is 1. The molecule has 0 bridgehead atoms. The molecule has 0 spiro atoms. The zero-order valence-corrected chi connectivity index (χ0v) is 20.1. The third-order valence-electron chi connectivity index (χ3n) is 5.67. The molecule has 1 fully saturated rings. The topological polar surface area (TPSA) is 99.6 Å². The van der Waals surface area contributed by atoms with Crippen LogP contribution in [-0.2, 0) is 0 Å². The minimum absolute atomic E-state index is 0.145. The lowest BCUT2D eigenvalue weighted by Gasteiger charge is -2.22. The van der Waals surface area contributed by atoms with Crippen LogP contribution < -0.4 is 10.3 Å². The molecule has 0 saturated heterocycles. The minimum Gasteiger partial charge on any atom is -0.484 e. The normalized spacial score (nSPS) is 14.9. The fourth-order valence-electron chi connectivity index (χ4n) is 4.14. The summed E-state index contributed by atoms with van der Waals surface area (Å²) in [6.45, 7) is 3.62. The summed E-state index contributed by atoms with van der Waals surface area (Å²) in [7, 11) is 0. The zero-order chi connectivity index (χ0) is 23.5. The van der Waals surface area contributed by atoms with Crippen molar-refractivity contribution in [2.24, 2.45) is 5.10 Å². The summed E-state index contributed by atoms with van der Waals surface area (Å²) in [5.74, 6) is 0.984. The van der Waals surface area contributed by atoms with Gasteiger partial charge in [0.15, 0.2) is 5.75 Å². The summed E-state index contributed by atoms with van der Waals surface area (Å²) < 4.78 is 7.69. The molecule has 4 rings (SSSR count). The fraction of sp³-hybridized carbons (Fsp3) is 0.375. The molecule has 0 amide bonds. The predicted octanol–water partition coefficient (Wildman–Crippen LogP) is 5.78. The first kappa shape index (κ1) is 23.1. The van der Waals surface area contributed by atoms with E-state index in [0.29, 0.717) is 22.3 Å². The number of nitro benzene ring substituents is 1. The third kappa shape index (κ3) is 5.13. The van der Waals surface area contributed by atoms with E-state index in [1.165, 1.54) is 23.4 Å². The van der Waals surface area contributed by atoms with Crippen molar-refractivity contribution in [2.45, 2.75) is 58.0 Å². The van der Waals surface area contributed by atoms with Crippen molar-refractivity contribution in [3.05, 3.63) is 72.7 Å². The molecule has 0 atom stereocenters. The quantitative estimate of drug-likeness (QED) is 0.236. The average molecular weight is 513 g/mol. The first-order valence-corrected chi connectivity index (χ1v) is 11.8. The zero-order valence-electron chi connectivity index (χ0n) is 18.5. The van der Waals surface area contributed by atoms with Gasteiger partial charge in [0.25, 0.3) is 5.56 Å². The van der Waals surface area contributed by atoms with E-state index in [4.69, 9.17) is 9.72 Å². The first-order chi connectivity index (χ1) is 15.8. The number of nitrogens with zero attached hydrogens (tertiary/aromatic N) is 4. The number of hydrogen-bond donors (Lipinski definition) is 0. The van der Waals surface area contributed by atoms with Crippen molar-refractivity contribution < 1.29 is 9.66 Å². The van der Waals surface area contributed by atoms with E-state index in [-0.39, 0.29) is 29.0 Å². The number of hydrogen-bond acceptors (Lipinski definition) is 6. The standard InChI is InChI=1S/C24H25BrN4O4/c1-15(2)33-22-11-8-16(12-21(22)29(31)32)14-26-28-23(17-6-4-3-5-7-17)27-20-10-9-18(25)13-19(20)24(28)30/h8-15,17H,3-7H2,1-2H3. The number of aromatic nitrogens is 2. The summed E-state index contributed by atoms with van der Waals surface area (Å²) in [5.41, 5.74) is 0.732. The van der Waals surface area contributed by atoms with E-state index >= 15 is 0 Å². The van der Waals surface area contributed by atoms with Crippen LogP contribution in [-0.4, -0.2) is 26.9 Å². The highest BCUT2D eigenvalue weighted by molar-refractivity contribution is 9.10.